The van der Waals surface area contributed by atoms with E-state index in [9.17, 15) is 22.4 Å². The maximum Gasteiger partial charge on any atom is 0.573 e. The van der Waals surface area contributed by atoms with Crippen molar-refractivity contribution >= 4 is 0 Å². The number of alkyl halides is 4. The summed E-state index contributed by atoms with van der Waals surface area (Å²) in [5.74, 6) is -0.940. The third-order valence-electron chi connectivity index (χ3n) is 1.84. The minimum atomic E-state index is -5.05. The van der Waals surface area contributed by atoms with Crippen molar-refractivity contribution in [1.82, 2.24) is 4.98 Å². The van der Waals surface area contributed by atoms with E-state index in [0.29, 0.717) is 0 Å². The van der Waals surface area contributed by atoms with Crippen molar-refractivity contribution < 1.29 is 22.3 Å². The lowest BCUT2D eigenvalue weighted by Gasteiger charge is -2.13. The number of nitrogens with one attached hydrogen (secondary N) is 1. The van der Waals surface area contributed by atoms with Gasteiger partial charge in [-0.3, -0.25) is 4.79 Å². The van der Waals surface area contributed by atoms with Crippen LogP contribution in [0.5, 0.6) is 5.75 Å². The van der Waals surface area contributed by atoms with Crippen LogP contribution in [0.25, 0.3) is 0 Å². The molecule has 0 saturated heterocycles. The molecule has 1 rings (SSSR count). The minimum absolute atomic E-state index is 0.225. The maximum absolute atomic E-state index is 12.5. The largest absolute Gasteiger partial charge is 0.573 e. The van der Waals surface area contributed by atoms with Crippen molar-refractivity contribution in [3.05, 3.63) is 27.7 Å². The summed E-state index contributed by atoms with van der Waals surface area (Å²) in [4.78, 5) is 13.1. The second-order valence-corrected chi connectivity index (χ2v) is 2.97. The zero-order valence-corrected chi connectivity index (χ0v) is 8.27. The first-order valence-corrected chi connectivity index (χ1v) is 4.31. The topological polar surface area (TPSA) is 65.9 Å². The lowest BCUT2D eigenvalue weighted by atomic mass is 10.1. The van der Waals surface area contributed by atoms with Crippen LogP contribution in [0.15, 0.2) is 11.0 Å². The second-order valence-electron chi connectivity index (χ2n) is 2.97. The third kappa shape index (κ3) is 3.21. The highest BCUT2D eigenvalue weighted by Gasteiger charge is 2.34. The van der Waals surface area contributed by atoms with Gasteiger partial charge >= 0.3 is 6.36 Å². The lowest BCUT2D eigenvalue weighted by Crippen LogP contribution is -2.23. The fourth-order valence-electron chi connectivity index (χ4n) is 1.18. The van der Waals surface area contributed by atoms with Crippen LogP contribution in [0, 0.1) is 11.3 Å². The molecule has 92 valence electrons. The van der Waals surface area contributed by atoms with Crippen LogP contribution in [-0.2, 0) is 13.1 Å². The smallest absolute Gasteiger partial charge is 0.405 e. The highest BCUT2D eigenvalue weighted by Crippen LogP contribution is 2.28. The van der Waals surface area contributed by atoms with Gasteiger partial charge in [-0.2, -0.15) is 5.26 Å². The molecule has 0 spiro atoms. The summed E-state index contributed by atoms with van der Waals surface area (Å²) in [6.45, 7) is -1.42. The first-order valence-electron chi connectivity index (χ1n) is 4.31. The van der Waals surface area contributed by atoms with Gasteiger partial charge in [0.05, 0.1) is 18.1 Å². The molecule has 0 unspecified atom stereocenters. The van der Waals surface area contributed by atoms with Gasteiger partial charge in [-0.05, 0) is 0 Å². The minimum Gasteiger partial charge on any atom is -0.405 e. The first kappa shape index (κ1) is 13.0. The van der Waals surface area contributed by atoms with Crippen molar-refractivity contribution in [3.63, 3.8) is 0 Å². The van der Waals surface area contributed by atoms with Gasteiger partial charge in [0.15, 0.2) is 0 Å². The third-order valence-corrected chi connectivity index (χ3v) is 1.84. The Bertz CT molecular complexity index is 501. The van der Waals surface area contributed by atoms with Crippen molar-refractivity contribution in [1.29, 1.82) is 5.26 Å². The second kappa shape index (κ2) is 4.86. The molecule has 0 aliphatic heterocycles. The van der Waals surface area contributed by atoms with E-state index in [2.05, 4.69) is 4.74 Å². The Hall–Kier alpha value is -2.04. The summed E-state index contributed by atoms with van der Waals surface area (Å²) < 4.78 is 52.3. The Labute approximate surface area is 92.4 Å². The molecule has 0 aliphatic carbocycles. The van der Waals surface area contributed by atoms with Crippen LogP contribution in [0.1, 0.15) is 11.1 Å². The molecular formula is C9H6F4N2O2. The van der Waals surface area contributed by atoms with E-state index < -0.39 is 36.3 Å². The molecule has 0 bridgehead atoms. The number of hydrogen-bond acceptors (Lipinski definition) is 3. The van der Waals surface area contributed by atoms with Crippen molar-refractivity contribution in [2.45, 2.75) is 19.5 Å². The average molecular weight is 250 g/mol. The zero-order valence-electron chi connectivity index (χ0n) is 8.27. The summed E-state index contributed by atoms with van der Waals surface area (Å²) >= 11 is 0. The standard InChI is InChI=1S/C9H6F4N2O2/c10-3-6-7(17-9(11,12)13)5(1-2-14)4-15-8(6)16/h4H,1,3H2,(H,15,16). The summed E-state index contributed by atoms with van der Waals surface area (Å²) in [6, 6.07) is 1.59. The van der Waals surface area contributed by atoms with E-state index in [4.69, 9.17) is 5.26 Å². The quantitative estimate of drug-likeness (QED) is 0.832. The molecule has 0 aromatic carbocycles. The molecule has 1 aromatic heterocycles. The van der Waals surface area contributed by atoms with E-state index in [-0.39, 0.29) is 5.56 Å². The molecule has 0 amide bonds. The van der Waals surface area contributed by atoms with E-state index >= 15 is 0 Å². The lowest BCUT2D eigenvalue weighted by molar-refractivity contribution is -0.275. The number of ether oxygens (including phenoxy) is 1. The van der Waals surface area contributed by atoms with Gasteiger partial charge in [-0.15, -0.1) is 13.2 Å². The Morgan fingerprint density at radius 1 is 1.47 bits per heavy atom. The SMILES string of the molecule is N#CCc1c[nH]c(=O)c(CF)c1OC(F)(F)F. The molecule has 8 heteroatoms. The van der Waals surface area contributed by atoms with Gasteiger partial charge in [0.1, 0.15) is 12.4 Å². The molecule has 17 heavy (non-hydrogen) atoms. The Balaban J connectivity index is 3.34. The summed E-state index contributed by atoms with van der Waals surface area (Å²) in [6.07, 6.45) is -4.59. The van der Waals surface area contributed by atoms with Gasteiger partial charge in [0, 0.05) is 11.8 Å². The van der Waals surface area contributed by atoms with Crippen LogP contribution in [0.4, 0.5) is 17.6 Å². The molecule has 1 N–H and O–H groups in total. The van der Waals surface area contributed by atoms with Crippen molar-refractivity contribution in [2.75, 3.05) is 0 Å². The number of hydrogen-bond donors (Lipinski definition) is 1. The Morgan fingerprint density at radius 2 is 2.12 bits per heavy atom. The van der Waals surface area contributed by atoms with Gasteiger partial charge in [-0.1, -0.05) is 0 Å². The number of nitrogens with zero attached hydrogens (tertiary/aromatic N) is 1. The maximum atomic E-state index is 12.5. The molecule has 1 aromatic rings. The molecule has 0 aliphatic rings. The van der Waals surface area contributed by atoms with E-state index in [1.54, 1.807) is 6.07 Å². The molecule has 1 heterocycles. The number of pyridine rings is 1. The number of halogens is 4. The molecule has 0 radical (unpaired) electrons. The van der Waals surface area contributed by atoms with Crippen LogP contribution < -0.4 is 10.3 Å². The number of aromatic amines is 1. The molecular weight excluding hydrogens is 244 g/mol. The predicted molar refractivity (Wildman–Crippen MR) is 47.9 cm³/mol. The van der Waals surface area contributed by atoms with Crippen molar-refractivity contribution in [3.8, 4) is 11.8 Å². The molecule has 0 saturated carbocycles. The number of H-pyrrole nitrogens is 1. The van der Waals surface area contributed by atoms with E-state index in [0.717, 1.165) is 6.20 Å². The highest BCUT2D eigenvalue weighted by molar-refractivity contribution is 5.40. The monoisotopic (exact) mass is 250 g/mol. The Morgan fingerprint density at radius 3 is 2.59 bits per heavy atom. The molecule has 0 fully saturated rings. The van der Waals surface area contributed by atoms with E-state index in [1.807, 2.05) is 4.98 Å². The van der Waals surface area contributed by atoms with Crippen LogP contribution in [0.2, 0.25) is 0 Å². The van der Waals surface area contributed by atoms with Crippen LogP contribution >= 0.6 is 0 Å². The normalized spacial score (nSPS) is 11.0. The van der Waals surface area contributed by atoms with Crippen LogP contribution in [-0.4, -0.2) is 11.3 Å². The molecule has 0 atom stereocenters. The fourth-order valence-corrected chi connectivity index (χ4v) is 1.18. The highest BCUT2D eigenvalue weighted by atomic mass is 19.4. The van der Waals surface area contributed by atoms with Gasteiger partial charge in [0.2, 0.25) is 0 Å². The average Bonchev–Trinajstić information content (AvgIpc) is 2.21. The number of nitriles is 1. The van der Waals surface area contributed by atoms with Gasteiger partial charge in [0.25, 0.3) is 5.56 Å². The van der Waals surface area contributed by atoms with E-state index in [1.165, 1.54) is 0 Å². The zero-order chi connectivity index (χ0) is 13.1. The summed E-state index contributed by atoms with van der Waals surface area (Å²) in [5, 5.41) is 8.40. The fraction of sp³-hybridized carbons (Fsp3) is 0.333. The summed E-state index contributed by atoms with van der Waals surface area (Å²) in [7, 11) is 0. The predicted octanol–water partition coefficient (Wildman–Crippen LogP) is 1.81. The van der Waals surface area contributed by atoms with Crippen molar-refractivity contribution in [2.24, 2.45) is 0 Å². The first-order chi connectivity index (χ1) is 7.89. The number of rotatable bonds is 3. The number of aromatic nitrogens is 1. The van der Waals surface area contributed by atoms with Gasteiger partial charge < -0.3 is 9.72 Å². The Kier molecular flexibility index (Phi) is 3.73. The molecule has 4 nitrogen and oxygen atoms in total. The van der Waals surface area contributed by atoms with Crippen LogP contribution in [0.3, 0.4) is 0 Å². The summed E-state index contributed by atoms with van der Waals surface area (Å²) in [5.41, 5.74) is -2.03. The van der Waals surface area contributed by atoms with Gasteiger partial charge in [-0.25, -0.2) is 4.39 Å².